The van der Waals surface area contributed by atoms with Crippen LogP contribution in [0, 0.1) is 17.8 Å². The van der Waals surface area contributed by atoms with Gasteiger partial charge in [0.05, 0.1) is 38.0 Å². The van der Waals surface area contributed by atoms with Crippen LogP contribution in [-0.4, -0.2) is 60.3 Å². The van der Waals surface area contributed by atoms with E-state index in [1.165, 1.54) is 20.0 Å². The van der Waals surface area contributed by atoms with E-state index in [-0.39, 0.29) is 12.3 Å². The molecule has 2 N–H and O–H groups in total. The van der Waals surface area contributed by atoms with E-state index in [1.807, 2.05) is 0 Å². The van der Waals surface area contributed by atoms with Gasteiger partial charge in [-0.3, -0.25) is 33.7 Å². The van der Waals surface area contributed by atoms with Crippen LogP contribution in [0.15, 0.2) is 60.7 Å². The number of ether oxygens (including phenoxy) is 1. The number of imide groups is 1. The number of ketones is 2. The number of hydrogen-bond acceptors (Lipinski definition) is 7. The lowest BCUT2D eigenvalue weighted by Gasteiger charge is -2.26. The van der Waals surface area contributed by atoms with E-state index < -0.39 is 65.5 Å². The fourth-order valence-electron chi connectivity index (χ4n) is 4.86. The number of benzene rings is 2. The Morgan fingerprint density at radius 2 is 1.64 bits per heavy atom. The molecular formula is C32H37N3O7. The summed E-state index contributed by atoms with van der Waals surface area (Å²) in [6.07, 6.45) is 2.25. The van der Waals surface area contributed by atoms with Crippen molar-refractivity contribution in [2.24, 2.45) is 17.8 Å². The average Bonchev–Trinajstić information content (AvgIpc) is 3.16. The van der Waals surface area contributed by atoms with Crippen LogP contribution in [0.1, 0.15) is 50.8 Å². The van der Waals surface area contributed by atoms with E-state index in [1.54, 1.807) is 81.6 Å². The topological polar surface area (TPSA) is 139 Å². The molecule has 0 aromatic heterocycles. The van der Waals surface area contributed by atoms with Crippen molar-refractivity contribution in [3.05, 3.63) is 71.8 Å². The van der Waals surface area contributed by atoms with Crippen LogP contribution in [0.25, 0.3) is 6.08 Å². The van der Waals surface area contributed by atoms with Gasteiger partial charge in [-0.2, -0.15) is 0 Å². The van der Waals surface area contributed by atoms with E-state index in [9.17, 15) is 28.8 Å². The zero-order chi connectivity index (χ0) is 31.0. The van der Waals surface area contributed by atoms with Gasteiger partial charge in [0.1, 0.15) is 11.7 Å². The average molecular weight is 576 g/mol. The first-order valence-electron chi connectivity index (χ1n) is 13.8. The summed E-state index contributed by atoms with van der Waals surface area (Å²) < 4.78 is 5.17. The number of nitrogens with zero attached hydrogens (tertiary/aromatic N) is 1. The number of hydrogen-bond donors (Lipinski definition) is 2. The number of likely N-dealkylation sites (tertiary alicyclic amines) is 1. The van der Waals surface area contributed by atoms with Crippen LogP contribution in [0.5, 0.6) is 5.75 Å². The van der Waals surface area contributed by atoms with Gasteiger partial charge >= 0.3 is 0 Å². The summed E-state index contributed by atoms with van der Waals surface area (Å²) in [7, 11) is 2.88. The van der Waals surface area contributed by atoms with Crippen molar-refractivity contribution in [1.82, 2.24) is 15.5 Å². The minimum atomic E-state index is -1.17. The van der Waals surface area contributed by atoms with Crippen LogP contribution in [-0.2, 0) is 28.8 Å². The van der Waals surface area contributed by atoms with Crippen molar-refractivity contribution in [1.29, 1.82) is 0 Å². The molecule has 2 aromatic carbocycles. The molecule has 42 heavy (non-hydrogen) atoms. The molecule has 10 nitrogen and oxygen atoms in total. The van der Waals surface area contributed by atoms with Gasteiger partial charge in [-0.1, -0.05) is 69.3 Å². The van der Waals surface area contributed by atoms with Crippen molar-refractivity contribution in [2.45, 2.75) is 45.7 Å². The zero-order valence-corrected chi connectivity index (χ0v) is 24.5. The molecule has 0 saturated carbocycles. The first kappa shape index (κ1) is 31.9. The molecule has 222 valence electrons. The zero-order valence-electron chi connectivity index (χ0n) is 24.5. The van der Waals surface area contributed by atoms with Crippen molar-refractivity contribution >= 4 is 41.3 Å². The Balaban J connectivity index is 1.68. The molecule has 1 heterocycles. The SMILES string of the molecule is COc1cccc(/C=C/C(=O)CC(=O)N[C@@H](CC(=O)N[C@H](C(=O)[C@@H]2C(=O)N(C)C(=O)[C@H]2C)C(C)C)c2ccccc2)c1. The molecule has 0 unspecified atom stereocenters. The third-order valence-corrected chi connectivity index (χ3v) is 7.23. The maximum absolute atomic E-state index is 13.4. The molecule has 3 rings (SSSR count). The fourth-order valence-corrected chi connectivity index (χ4v) is 4.86. The largest absolute Gasteiger partial charge is 0.497 e. The maximum atomic E-state index is 13.4. The van der Waals surface area contributed by atoms with Crippen LogP contribution in [0.2, 0.25) is 0 Å². The molecule has 1 aliphatic heterocycles. The van der Waals surface area contributed by atoms with E-state index in [2.05, 4.69) is 10.6 Å². The number of Topliss-reactive ketones (excluding diaryl/α,β-unsaturated/α-hetero) is 1. The highest BCUT2D eigenvalue weighted by molar-refractivity contribution is 6.16. The highest BCUT2D eigenvalue weighted by Crippen LogP contribution is 2.28. The fraction of sp³-hybridized carbons (Fsp3) is 0.375. The monoisotopic (exact) mass is 575 g/mol. The molecule has 4 amide bonds. The Hall–Kier alpha value is -4.60. The molecule has 4 atom stereocenters. The molecule has 1 fully saturated rings. The van der Waals surface area contributed by atoms with Crippen LogP contribution < -0.4 is 15.4 Å². The number of nitrogens with one attached hydrogen (secondary N) is 2. The summed E-state index contributed by atoms with van der Waals surface area (Å²) in [5, 5.41) is 5.48. The maximum Gasteiger partial charge on any atom is 0.240 e. The molecule has 0 spiro atoms. The van der Waals surface area contributed by atoms with Gasteiger partial charge in [-0.25, -0.2) is 0 Å². The highest BCUT2D eigenvalue weighted by Gasteiger charge is 2.49. The standard InChI is InChI=1S/C32H37N3O7/c1-19(2)29(30(39)28-20(3)31(40)35(4)32(28)41)34-27(38)18-25(22-11-7-6-8-12-22)33-26(37)17-23(36)15-14-21-10-9-13-24(16-21)42-5/h6-16,19-20,25,28-29H,17-18H2,1-5H3,(H,33,37)(H,34,38)/b15-14+/t20-,25-,28+,29-/m0/s1. The van der Waals surface area contributed by atoms with Gasteiger partial charge in [-0.05, 0) is 35.3 Å². The molecule has 10 heteroatoms. The predicted octanol–water partition coefficient (Wildman–Crippen LogP) is 2.88. The first-order chi connectivity index (χ1) is 19.9. The Morgan fingerprint density at radius 1 is 0.952 bits per heavy atom. The van der Waals surface area contributed by atoms with E-state index in [4.69, 9.17) is 4.74 Å². The number of carbonyl (C=O) groups is 6. The van der Waals surface area contributed by atoms with Crippen LogP contribution in [0.4, 0.5) is 0 Å². The van der Waals surface area contributed by atoms with Gasteiger partial charge in [0.25, 0.3) is 0 Å². The number of rotatable bonds is 13. The van der Waals surface area contributed by atoms with E-state index >= 15 is 0 Å². The van der Waals surface area contributed by atoms with Gasteiger partial charge in [0, 0.05) is 7.05 Å². The first-order valence-corrected chi connectivity index (χ1v) is 13.8. The second kappa shape index (κ2) is 14.3. The minimum absolute atomic E-state index is 0.215. The number of carbonyl (C=O) groups excluding carboxylic acids is 6. The van der Waals surface area contributed by atoms with Gasteiger partial charge < -0.3 is 15.4 Å². The lowest BCUT2D eigenvalue weighted by molar-refractivity contribution is -0.141. The Kier molecular flexibility index (Phi) is 10.9. The minimum Gasteiger partial charge on any atom is -0.497 e. The predicted molar refractivity (Wildman–Crippen MR) is 156 cm³/mol. The molecule has 1 aliphatic rings. The Morgan fingerprint density at radius 3 is 2.24 bits per heavy atom. The molecule has 0 aliphatic carbocycles. The van der Waals surface area contributed by atoms with Crippen molar-refractivity contribution in [3.63, 3.8) is 0 Å². The smallest absolute Gasteiger partial charge is 0.240 e. The van der Waals surface area contributed by atoms with Gasteiger partial charge in [-0.15, -0.1) is 0 Å². The third-order valence-electron chi connectivity index (χ3n) is 7.23. The Labute approximate surface area is 245 Å². The van der Waals surface area contributed by atoms with E-state index in [0.717, 1.165) is 10.5 Å². The van der Waals surface area contributed by atoms with Gasteiger partial charge in [0.15, 0.2) is 11.6 Å². The summed E-state index contributed by atoms with van der Waals surface area (Å²) in [6.45, 7) is 5.00. The molecule has 1 saturated heterocycles. The summed E-state index contributed by atoms with van der Waals surface area (Å²) >= 11 is 0. The van der Waals surface area contributed by atoms with Crippen LogP contribution >= 0.6 is 0 Å². The second-order valence-corrected chi connectivity index (χ2v) is 10.7. The van der Waals surface area contributed by atoms with Crippen molar-refractivity contribution in [2.75, 3.05) is 14.2 Å². The summed E-state index contributed by atoms with van der Waals surface area (Å²) in [5.41, 5.74) is 1.38. The van der Waals surface area contributed by atoms with E-state index in [0.29, 0.717) is 11.3 Å². The number of allylic oxidation sites excluding steroid dienone is 1. The molecular weight excluding hydrogens is 538 g/mol. The summed E-state index contributed by atoms with van der Waals surface area (Å²) in [6, 6.07) is 14.1. The molecule has 2 aromatic rings. The van der Waals surface area contributed by atoms with Crippen molar-refractivity contribution in [3.8, 4) is 5.75 Å². The number of methoxy groups -OCH3 is 1. The molecule has 0 bridgehead atoms. The summed E-state index contributed by atoms with van der Waals surface area (Å²) in [4.78, 5) is 77.7. The quantitative estimate of drug-likeness (QED) is 0.213. The summed E-state index contributed by atoms with van der Waals surface area (Å²) in [5.74, 6) is -4.79. The second-order valence-electron chi connectivity index (χ2n) is 10.7. The molecule has 0 radical (unpaired) electrons. The Bertz CT molecular complexity index is 1370. The third kappa shape index (κ3) is 7.99. The van der Waals surface area contributed by atoms with Crippen LogP contribution in [0.3, 0.4) is 0 Å². The lowest BCUT2D eigenvalue weighted by Crippen LogP contribution is -2.49. The van der Waals surface area contributed by atoms with Gasteiger partial charge in [0.2, 0.25) is 23.6 Å². The van der Waals surface area contributed by atoms with Crippen molar-refractivity contribution < 1.29 is 33.5 Å². The highest BCUT2D eigenvalue weighted by atomic mass is 16.5. The number of amides is 4. The lowest BCUT2D eigenvalue weighted by atomic mass is 9.85. The normalized spacial score (nSPS) is 18.2.